The lowest BCUT2D eigenvalue weighted by Crippen LogP contribution is -2.41. The van der Waals surface area contributed by atoms with Gasteiger partial charge in [0.2, 0.25) is 0 Å². The average Bonchev–Trinajstić information content (AvgIpc) is 2.64. The highest BCUT2D eigenvalue weighted by Crippen LogP contribution is 2.30. The van der Waals surface area contributed by atoms with Crippen LogP contribution in [0.2, 0.25) is 0 Å². The van der Waals surface area contributed by atoms with Crippen molar-refractivity contribution in [3.63, 3.8) is 0 Å². The molecular weight excluding hydrogens is 324 g/mol. The summed E-state index contributed by atoms with van der Waals surface area (Å²) in [6.07, 6.45) is 2.32. The summed E-state index contributed by atoms with van der Waals surface area (Å²) < 4.78 is 5.42. The number of aromatic hydroxyl groups is 1. The first-order valence-corrected chi connectivity index (χ1v) is 9.50. The molecule has 1 aliphatic rings. The molecule has 2 aromatic rings. The Balaban J connectivity index is 1.62. The standard InChI is InChI=1S/C22H30N2O2/c1-16(2)17-9-11-18(12-10-17)23-19-6-5-13-24(14-19)15-20-21(25)7-4-8-22(20)26-3/h4,7-12,16,19,23,25H,5-6,13-15H2,1-3H3/t19-/m1/s1. The fourth-order valence-electron chi connectivity index (χ4n) is 3.64. The van der Waals surface area contributed by atoms with E-state index in [9.17, 15) is 5.11 Å². The van der Waals surface area contributed by atoms with Crippen molar-refractivity contribution in [2.45, 2.75) is 45.2 Å². The van der Waals surface area contributed by atoms with E-state index in [1.807, 2.05) is 12.1 Å². The molecule has 1 aliphatic heterocycles. The van der Waals surface area contributed by atoms with Gasteiger partial charge in [-0.3, -0.25) is 4.90 Å². The number of ether oxygens (including phenoxy) is 1. The van der Waals surface area contributed by atoms with Gasteiger partial charge in [0, 0.05) is 30.4 Å². The molecule has 4 heteroatoms. The van der Waals surface area contributed by atoms with Crippen LogP contribution < -0.4 is 10.1 Å². The number of hydrogen-bond acceptors (Lipinski definition) is 4. The molecule has 1 atom stereocenters. The molecule has 3 rings (SSSR count). The van der Waals surface area contributed by atoms with Crippen LogP contribution in [0.1, 0.15) is 43.7 Å². The van der Waals surface area contributed by atoms with E-state index >= 15 is 0 Å². The molecular formula is C22H30N2O2. The van der Waals surface area contributed by atoms with Crippen LogP contribution in [-0.4, -0.2) is 36.2 Å². The third kappa shape index (κ3) is 4.50. The van der Waals surface area contributed by atoms with Crippen molar-refractivity contribution in [1.29, 1.82) is 0 Å². The van der Waals surface area contributed by atoms with Gasteiger partial charge in [-0.2, -0.15) is 0 Å². The Morgan fingerprint density at radius 3 is 2.65 bits per heavy atom. The van der Waals surface area contributed by atoms with E-state index in [2.05, 4.69) is 48.3 Å². The van der Waals surface area contributed by atoms with Gasteiger partial charge in [-0.05, 0) is 55.1 Å². The van der Waals surface area contributed by atoms with Crippen molar-refractivity contribution < 1.29 is 9.84 Å². The van der Waals surface area contributed by atoms with Crippen LogP contribution in [0.25, 0.3) is 0 Å². The van der Waals surface area contributed by atoms with Crippen LogP contribution in [0.5, 0.6) is 11.5 Å². The number of likely N-dealkylation sites (tertiary alicyclic amines) is 1. The Kier molecular flexibility index (Phi) is 6.04. The van der Waals surface area contributed by atoms with Gasteiger partial charge in [0.1, 0.15) is 11.5 Å². The molecule has 0 aliphatic carbocycles. The zero-order chi connectivity index (χ0) is 18.5. The Morgan fingerprint density at radius 2 is 1.96 bits per heavy atom. The summed E-state index contributed by atoms with van der Waals surface area (Å²) in [6, 6.07) is 14.7. The summed E-state index contributed by atoms with van der Waals surface area (Å²) in [6.45, 7) is 7.15. The fraction of sp³-hybridized carbons (Fsp3) is 0.455. The van der Waals surface area contributed by atoms with Crippen molar-refractivity contribution in [2.24, 2.45) is 0 Å². The maximum Gasteiger partial charge on any atom is 0.127 e. The molecule has 140 valence electrons. The number of nitrogens with one attached hydrogen (secondary N) is 1. The summed E-state index contributed by atoms with van der Waals surface area (Å²) in [7, 11) is 1.65. The van der Waals surface area contributed by atoms with Gasteiger partial charge >= 0.3 is 0 Å². The lowest BCUT2D eigenvalue weighted by Gasteiger charge is -2.34. The highest BCUT2D eigenvalue weighted by Gasteiger charge is 2.22. The molecule has 4 nitrogen and oxygen atoms in total. The van der Waals surface area contributed by atoms with Crippen molar-refractivity contribution in [3.8, 4) is 11.5 Å². The molecule has 0 unspecified atom stereocenters. The van der Waals surface area contributed by atoms with Gasteiger partial charge in [-0.15, -0.1) is 0 Å². The predicted octanol–water partition coefficient (Wildman–Crippen LogP) is 4.60. The van der Waals surface area contributed by atoms with Crippen molar-refractivity contribution in [2.75, 3.05) is 25.5 Å². The quantitative estimate of drug-likeness (QED) is 0.796. The Morgan fingerprint density at radius 1 is 1.19 bits per heavy atom. The Labute approximate surface area is 156 Å². The van der Waals surface area contributed by atoms with Crippen molar-refractivity contribution in [3.05, 3.63) is 53.6 Å². The number of phenolic OH excluding ortho intramolecular Hbond substituents is 1. The lowest BCUT2D eigenvalue weighted by molar-refractivity contribution is 0.204. The molecule has 2 N–H and O–H groups in total. The van der Waals surface area contributed by atoms with Gasteiger partial charge in [0.05, 0.1) is 7.11 Å². The van der Waals surface area contributed by atoms with E-state index in [1.54, 1.807) is 13.2 Å². The van der Waals surface area contributed by atoms with Crippen LogP contribution >= 0.6 is 0 Å². The lowest BCUT2D eigenvalue weighted by atomic mass is 10.0. The van der Waals surface area contributed by atoms with Crippen LogP contribution in [0, 0.1) is 0 Å². The van der Waals surface area contributed by atoms with Crippen LogP contribution in [0.4, 0.5) is 5.69 Å². The molecule has 0 spiro atoms. The minimum absolute atomic E-state index is 0.309. The second-order valence-corrected chi connectivity index (χ2v) is 7.45. The minimum atomic E-state index is 0.309. The molecule has 2 aromatic carbocycles. The molecule has 0 aromatic heterocycles. The third-order valence-corrected chi connectivity index (χ3v) is 5.16. The monoisotopic (exact) mass is 354 g/mol. The maximum absolute atomic E-state index is 10.2. The highest BCUT2D eigenvalue weighted by atomic mass is 16.5. The van der Waals surface area contributed by atoms with Gasteiger partial charge in [-0.25, -0.2) is 0 Å². The number of nitrogens with zero attached hydrogens (tertiary/aromatic N) is 1. The number of benzene rings is 2. The van der Waals surface area contributed by atoms with E-state index in [-0.39, 0.29) is 0 Å². The minimum Gasteiger partial charge on any atom is -0.507 e. The molecule has 0 bridgehead atoms. The number of piperidine rings is 1. The second kappa shape index (κ2) is 8.45. The molecule has 1 saturated heterocycles. The SMILES string of the molecule is COc1cccc(O)c1CN1CCC[C@@H](Nc2ccc(C(C)C)cc2)C1. The number of anilines is 1. The second-order valence-electron chi connectivity index (χ2n) is 7.45. The number of rotatable bonds is 6. The normalized spacial score (nSPS) is 18.1. The van der Waals surface area contributed by atoms with Gasteiger partial charge in [-0.1, -0.05) is 32.0 Å². The van der Waals surface area contributed by atoms with Crippen LogP contribution in [0.3, 0.4) is 0 Å². The largest absolute Gasteiger partial charge is 0.507 e. The zero-order valence-electron chi connectivity index (χ0n) is 16.0. The van der Waals surface area contributed by atoms with Crippen molar-refractivity contribution in [1.82, 2.24) is 4.90 Å². The van der Waals surface area contributed by atoms with E-state index in [4.69, 9.17) is 4.74 Å². The summed E-state index contributed by atoms with van der Waals surface area (Å²) in [5.41, 5.74) is 3.42. The van der Waals surface area contributed by atoms with Crippen LogP contribution in [0.15, 0.2) is 42.5 Å². The first-order chi connectivity index (χ1) is 12.6. The number of methoxy groups -OCH3 is 1. The molecule has 1 fully saturated rings. The average molecular weight is 354 g/mol. The molecule has 0 saturated carbocycles. The summed E-state index contributed by atoms with van der Waals surface area (Å²) >= 11 is 0. The van der Waals surface area contributed by atoms with E-state index in [0.717, 1.165) is 30.8 Å². The molecule has 1 heterocycles. The van der Waals surface area contributed by atoms with Gasteiger partial charge in [0.25, 0.3) is 0 Å². The molecule has 0 amide bonds. The number of hydrogen-bond donors (Lipinski definition) is 2. The highest BCUT2D eigenvalue weighted by molar-refractivity contribution is 5.46. The predicted molar refractivity (Wildman–Crippen MR) is 107 cm³/mol. The smallest absolute Gasteiger partial charge is 0.127 e. The fourth-order valence-corrected chi connectivity index (χ4v) is 3.64. The molecule has 0 radical (unpaired) electrons. The third-order valence-electron chi connectivity index (χ3n) is 5.16. The van der Waals surface area contributed by atoms with Gasteiger partial charge in [0.15, 0.2) is 0 Å². The van der Waals surface area contributed by atoms with Gasteiger partial charge < -0.3 is 15.2 Å². The van der Waals surface area contributed by atoms with E-state index in [0.29, 0.717) is 24.3 Å². The van der Waals surface area contributed by atoms with E-state index in [1.165, 1.54) is 17.7 Å². The Hall–Kier alpha value is -2.20. The van der Waals surface area contributed by atoms with Crippen LogP contribution in [-0.2, 0) is 6.54 Å². The summed E-state index contributed by atoms with van der Waals surface area (Å²) in [5.74, 6) is 1.62. The first kappa shape index (κ1) is 18.6. The zero-order valence-corrected chi connectivity index (χ0v) is 16.0. The number of phenols is 1. The topological polar surface area (TPSA) is 44.7 Å². The summed E-state index contributed by atoms with van der Waals surface area (Å²) in [5, 5.41) is 13.9. The van der Waals surface area contributed by atoms with Crippen molar-refractivity contribution >= 4 is 5.69 Å². The first-order valence-electron chi connectivity index (χ1n) is 9.50. The summed E-state index contributed by atoms with van der Waals surface area (Å²) in [4.78, 5) is 2.39. The maximum atomic E-state index is 10.2. The molecule has 26 heavy (non-hydrogen) atoms. The van der Waals surface area contributed by atoms with E-state index < -0.39 is 0 Å². The Bertz CT molecular complexity index is 713.